The van der Waals surface area contributed by atoms with Gasteiger partial charge >= 0.3 is 6.61 Å². The summed E-state index contributed by atoms with van der Waals surface area (Å²) in [5.74, 6) is 0.927. The summed E-state index contributed by atoms with van der Waals surface area (Å²) in [4.78, 5) is 1.37. The van der Waals surface area contributed by atoms with E-state index in [4.69, 9.17) is 0 Å². The summed E-state index contributed by atoms with van der Waals surface area (Å²) in [7, 11) is 0. The van der Waals surface area contributed by atoms with Crippen LogP contribution in [0.4, 0.5) is 8.78 Å². The molecule has 1 saturated carbocycles. The molecule has 0 bridgehead atoms. The number of rotatable bonds is 7. The number of ether oxygens (including phenoxy) is 1. The van der Waals surface area contributed by atoms with E-state index in [0.717, 1.165) is 18.0 Å². The molecular weight excluding hydrogens is 292 g/mol. The van der Waals surface area contributed by atoms with Crippen molar-refractivity contribution in [1.29, 1.82) is 0 Å². The van der Waals surface area contributed by atoms with Crippen molar-refractivity contribution in [2.75, 3.05) is 0 Å². The van der Waals surface area contributed by atoms with Crippen LogP contribution < -0.4 is 10.1 Å². The highest BCUT2D eigenvalue weighted by Crippen LogP contribution is 2.42. The summed E-state index contributed by atoms with van der Waals surface area (Å²) >= 11 is 1.78. The Morgan fingerprint density at radius 1 is 1.19 bits per heavy atom. The van der Waals surface area contributed by atoms with Crippen LogP contribution in [0.1, 0.15) is 29.3 Å². The molecule has 2 aromatic rings. The van der Waals surface area contributed by atoms with E-state index in [9.17, 15) is 8.78 Å². The van der Waals surface area contributed by atoms with Crippen molar-refractivity contribution in [2.45, 2.75) is 32.0 Å². The van der Waals surface area contributed by atoms with Gasteiger partial charge in [-0.1, -0.05) is 18.2 Å². The first-order valence-electron chi connectivity index (χ1n) is 7.03. The highest BCUT2D eigenvalue weighted by molar-refractivity contribution is 7.10. The maximum atomic E-state index is 12.1. The van der Waals surface area contributed by atoms with Gasteiger partial charge in [-0.05, 0) is 47.9 Å². The minimum Gasteiger partial charge on any atom is -0.435 e. The molecule has 1 N–H and O–H groups in total. The van der Waals surface area contributed by atoms with Gasteiger partial charge in [-0.25, -0.2) is 0 Å². The molecule has 5 heteroatoms. The molecule has 0 saturated heterocycles. The molecule has 0 radical (unpaired) electrons. The molecular formula is C16H17F2NOS. The van der Waals surface area contributed by atoms with Crippen LogP contribution in [0.5, 0.6) is 5.75 Å². The molecule has 1 aliphatic carbocycles. The monoisotopic (exact) mass is 309 g/mol. The van der Waals surface area contributed by atoms with Crippen molar-refractivity contribution in [2.24, 2.45) is 5.92 Å². The Balaban J connectivity index is 1.58. The van der Waals surface area contributed by atoms with Crippen molar-refractivity contribution >= 4 is 11.3 Å². The Bertz CT molecular complexity index is 552. The number of halogens is 2. The van der Waals surface area contributed by atoms with Gasteiger partial charge in [-0.2, -0.15) is 8.78 Å². The highest BCUT2D eigenvalue weighted by Gasteiger charge is 2.32. The van der Waals surface area contributed by atoms with E-state index >= 15 is 0 Å². The Morgan fingerprint density at radius 3 is 2.52 bits per heavy atom. The van der Waals surface area contributed by atoms with Crippen LogP contribution >= 0.6 is 11.3 Å². The average molecular weight is 309 g/mol. The van der Waals surface area contributed by atoms with E-state index in [-0.39, 0.29) is 5.75 Å². The van der Waals surface area contributed by atoms with Gasteiger partial charge in [0.1, 0.15) is 5.75 Å². The van der Waals surface area contributed by atoms with Crippen molar-refractivity contribution in [1.82, 2.24) is 5.32 Å². The molecule has 1 atom stereocenters. The minimum atomic E-state index is -2.77. The van der Waals surface area contributed by atoms with Gasteiger partial charge in [0.25, 0.3) is 0 Å². The fraction of sp³-hybridized carbons (Fsp3) is 0.375. The molecule has 1 aliphatic rings. The molecule has 1 aromatic heterocycles. The summed E-state index contributed by atoms with van der Waals surface area (Å²) in [5.41, 5.74) is 1.07. The van der Waals surface area contributed by atoms with E-state index in [0.29, 0.717) is 6.04 Å². The predicted octanol–water partition coefficient (Wildman–Crippen LogP) is 4.59. The number of thiophene rings is 1. The number of nitrogens with one attached hydrogen (secondary N) is 1. The van der Waals surface area contributed by atoms with Crippen LogP contribution in [0.3, 0.4) is 0 Å². The van der Waals surface area contributed by atoms with E-state index in [2.05, 4.69) is 27.6 Å². The molecule has 1 fully saturated rings. The lowest BCUT2D eigenvalue weighted by Gasteiger charge is -2.17. The first-order chi connectivity index (χ1) is 10.2. The average Bonchev–Trinajstić information content (AvgIpc) is 3.15. The summed E-state index contributed by atoms with van der Waals surface area (Å²) in [6.07, 6.45) is 2.55. The zero-order valence-corrected chi connectivity index (χ0v) is 12.3. The van der Waals surface area contributed by atoms with Crippen LogP contribution in [-0.2, 0) is 6.54 Å². The number of benzene rings is 1. The van der Waals surface area contributed by atoms with Gasteiger partial charge in [-0.3, -0.25) is 0 Å². The van der Waals surface area contributed by atoms with Crippen molar-refractivity contribution < 1.29 is 13.5 Å². The second-order valence-electron chi connectivity index (χ2n) is 5.23. The number of hydrogen-bond donors (Lipinski definition) is 1. The Kier molecular flexibility index (Phi) is 4.51. The zero-order chi connectivity index (χ0) is 14.7. The normalized spacial score (nSPS) is 16.1. The quantitative estimate of drug-likeness (QED) is 0.807. The van der Waals surface area contributed by atoms with Crippen LogP contribution in [-0.4, -0.2) is 6.61 Å². The minimum absolute atomic E-state index is 0.200. The fourth-order valence-electron chi connectivity index (χ4n) is 2.41. The molecule has 21 heavy (non-hydrogen) atoms. The van der Waals surface area contributed by atoms with Gasteiger partial charge in [0.2, 0.25) is 0 Å². The maximum absolute atomic E-state index is 12.1. The van der Waals surface area contributed by atoms with Crippen LogP contribution in [0.15, 0.2) is 41.8 Å². The molecule has 0 amide bonds. The third kappa shape index (κ3) is 4.02. The highest BCUT2D eigenvalue weighted by atomic mass is 32.1. The lowest BCUT2D eigenvalue weighted by atomic mass is 10.1. The van der Waals surface area contributed by atoms with E-state index in [1.807, 2.05) is 12.1 Å². The standard InChI is InChI=1S/C16H17F2NOS/c17-16(18)20-13-7-3-11(4-8-13)10-19-15(12-5-6-12)14-2-1-9-21-14/h1-4,7-9,12,15-16,19H,5-6,10H2. The van der Waals surface area contributed by atoms with Crippen molar-refractivity contribution in [3.63, 3.8) is 0 Å². The molecule has 0 spiro atoms. The lowest BCUT2D eigenvalue weighted by Crippen LogP contribution is -2.21. The van der Waals surface area contributed by atoms with Crippen LogP contribution in [0, 0.1) is 5.92 Å². The van der Waals surface area contributed by atoms with Gasteiger partial charge in [-0.15, -0.1) is 11.3 Å². The fourth-order valence-corrected chi connectivity index (χ4v) is 3.31. The van der Waals surface area contributed by atoms with Crippen molar-refractivity contribution in [3.05, 3.63) is 52.2 Å². The first kappa shape index (κ1) is 14.5. The van der Waals surface area contributed by atoms with Crippen molar-refractivity contribution in [3.8, 4) is 5.75 Å². The SMILES string of the molecule is FC(F)Oc1ccc(CNC(c2cccs2)C2CC2)cc1. The molecule has 1 unspecified atom stereocenters. The molecule has 112 valence electrons. The molecule has 1 heterocycles. The summed E-state index contributed by atoms with van der Waals surface area (Å²) in [5, 5.41) is 5.68. The maximum Gasteiger partial charge on any atom is 0.387 e. The second kappa shape index (κ2) is 6.54. The third-order valence-electron chi connectivity index (χ3n) is 3.62. The van der Waals surface area contributed by atoms with Gasteiger partial charge in [0, 0.05) is 17.5 Å². The smallest absolute Gasteiger partial charge is 0.387 e. The van der Waals surface area contributed by atoms with E-state index in [1.54, 1.807) is 23.5 Å². The Morgan fingerprint density at radius 2 is 1.95 bits per heavy atom. The molecule has 2 nitrogen and oxygen atoms in total. The largest absolute Gasteiger partial charge is 0.435 e. The summed E-state index contributed by atoms with van der Waals surface area (Å²) < 4.78 is 28.5. The molecule has 0 aliphatic heterocycles. The number of hydrogen-bond acceptors (Lipinski definition) is 3. The molecule has 1 aromatic carbocycles. The predicted molar refractivity (Wildman–Crippen MR) is 79.7 cm³/mol. The first-order valence-corrected chi connectivity index (χ1v) is 7.91. The van der Waals surface area contributed by atoms with E-state index in [1.165, 1.54) is 17.7 Å². The Labute approximate surface area is 126 Å². The summed E-state index contributed by atoms with van der Waals surface area (Å²) in [6.45, 7) is -2.04. The second-order valence-corrected chi connectivity index (χ2v) is 6.21. The van der Waals surface area contributed by atoms with Crippen LogP contribution in [0.2, 0.25) is 0 Å². The zero-order valence-electron chi connectivity index (χ0n) is 11.5. The van der Waals surface area contributed by atoms with Gasteiger partial charge in [0.15, 0.2) is 0 Å². The van der Waals surface area contributed by atoms with Gasteiger partial charge in [0.05, 0.1) is 0 Å². The van der Waals surface area contributed by atoms with Crippen LogP contribution in [0.25, 0.3) is 0 Å². The van der Waals surface area contributed by atoms with E-state index < -0.39 is 6.61 Å². The topological polar surface area (TPSA) is 21.3 Å². The molecule has 3 rings (SSSR count). The number of alkyl halides is 2. The Hall–Kier alpha value is -1.46. The summed E-state index contributed by atoms with van der Waals surface area (Å²) in [6, 6.07) is 11.5. The van der Waals surface area contributed by atoms with Gasteiger partial charge < -0.3 is 10.1 Å². The third-order valence-corrected chi connectivity index (χ3v) is 4.57. The lowest BCUT2D eigenvalue weighted by molar-refractivity contribution is -0.0498.